The van der Waals surface area contributed by atoms with Crippen LogP contribution in [-0.4, -0.2) is 55.6 Å². The van der Waals surface area contributed by atoms with Crippen molar-refractivity contribution in [2.75, 3.05) is 50.1 Å². The van der Waals surface area contributed by atoms with E-state index in [1.807, 2.05) is 48.5 Å². The second-order valence-electron chi connectivity index (χ2n) is 7.79. The van der Waals surface area contributed by atoms with Crippen LogP contribution in [0.3, 0.4) is 0 Å². The number of rotatable bonds is 5. The highest BCUT2D eigenvalue weighted by atomic mass is 79.9. The highest BCUT2D eigenvalue weighted by molar-refractivity contribution is 9.10. The normalized spacial score (nSPS) is 14.8. The molecule has 164 valence electrons. The fourth-order valence-corrected chi connectivity index (χ4v) is 4.34. The number of halogens is 1. The number of aromatic nitrogens is 1. The van der Waals surface area contributed by atoms with E-state index in [0.717, 1.165) is 58.4 Å². The van der Waals surface area contributed by atoms with Gasteiger partial charge in [-0.15, -0.1) is 0 Å². The number of fused-ring (bicyclic) bond motifs is 3. The van der Waals surface area contributed by atoms with E-state index in [9.17, 15) is 4.79 Å². The minimum Gasteiger partial charge on any atom is -0.495 e. The summed E-state index contributed by atoms with van der Waals surface area (Å²) in [5, 5.41) is 4.99. The third-order valence-corrected chi connectivity index (χ3v) is 6.22. The number of furan rings is 1. The lowest BCUT2D eigenvalue weighted by molar-refractivity contribution is -0.117. The van der Waals surface area contributed by atoms with Crippen LogP contribution in [0.1, 0.15) is 0 Å². The van der Waals surface area contributed by atoms with Crippen molar-refractivity contribution in [2.45, 2.75) is 0 Å². The SMILES string of the molecule is COc1cc2c(cc1NC(=O)CN1CCN(c3ccc(Br)cn3)CC1)oc1ccccc12. The lowest BCUT2D eigenvalue weighted by Crippen LogP contribution is -2.48. The molecular formula is C24H23BrN4O3. The number of anilines is 2. The highest BCUT2D eigenvalue weighted by Gasteiger charge is 2.21. The van der Waals surface area contributed by atoms with Crippen molar-refractivity contribution in [3.05, 3.63) is 59.2 Å². The van der Waals surface area contributed by atoms with Gasteiger partial charge in [0.2, 0.25) is 5.91 Å². The molecule has 1 aliphatic heterocycles. The van der Waals surface area contributed by atoms with Gasteiger partial charge in [0, 0.05) is 53.7 Å². The monoisotopic (exact) mass is 494 g/mol. The molecule has 2 aromatic heterocycles. The minimum atomic E-state index is -0.0750. The number of piperazine rings is 1. The molecule has 1 fully saturated rings. The van der Waals surface area contributed by atoms with Gasteiger partial charge in [0.25, 0.3) is 0 Å². The van der Waals surface area contributed by atoms with E-state index < -0.39 is 0 Å². The van der Waals surface area contributed by atoms with Gasteiger partial charge < -0.3 is 19.4 Å². The Morgan fingerprint density at radius 3 is 2.66 bits per heavy atom. The molecule has 1 saturated heterocycles. The molecule has 5 rings (SSSR count). The van der Waals surface area contributed by atoms with Crippen molar-refractivity contribution in [1.82, 2.24) is 9.88 Å². The number of ether oxygens (including phenoxy) is 1. The van der Waals surface area contributed by atoms with Gasteiger partial charge in [0.1, 0.15) is 22.7 Å². The van der Waals surface area contributed by atoms with Crippen LogP contribution in [0.25, 0.3) is 21.9 Å². The van der Waals surface area contributed by atoms with Crippen LogP contribution in [0.15, 0.2) is 63.6 Å². The number of carbonyl (C=O) groups excluding carboxylic acids is 1. The van der Waals surface area contributed by atoms with E-state index in [0.29, 0.717) is 18.0 Å². The molecule has 2 aromatic carbocycles. The Hall–Kier alpha value is -3.10. The number of para-hydroxylation sites is 1. The van der Waals surface area contributed by atoms with Crippen LogP contribution in [0.2, 0.25) is 0 Å². The minimum absolute atomic E-state index is 0.0750. The van der Waals surface area contributed by atoms with Gasteiger partial charge in [-0.1, -0.05) is 18.2 Å². The molecule has 1 N–H and O–H groups in total. The molecule has 0 aliphatic carbocycles. The summed E-state index contributed by atoms with van der Waals surface area (Å²) in [5.74, 6) is 1.50. The lowest BCUT2D eigenvalue weighted by atomic mass is 10.1. The number of hydrogen-bond acceptors (Lipinski definition) is 6. The van der Waals surface area contributed by atoms with Gasteiger partial charge in [-0.3, -0.25) is 9.69 Å². The Bertz CT molecular complexity index is 1260. The summed E-state index contributed by atoms with van der Waals surface area (Å²) in [4.78, 5) is 21.6. The maximum Gasteiger partial charge on any atom is 0.238 e. The average molecular weight is 495 g/mol. The molecular weight excluding hydrogens is 472 g/mol. The summed E-state index contributed by atoms with van der Waals surface area (Å²) in [7, 11) is 1.61. The fraction of sp³-hybridized carbons (Fsp3) is 0.250. The molecule has 0 saturated carbocycles. The van der Waals surface area contributed by atoms with Crippen molar-refractivity contribution in [3.8, 4) is 5.75 Å². The van der Waals surface area contributed by atoms with E-state index >= 15 is 0 Å². The number of benzene rings is 2. The zero-order valence-corrected chi connectivity index (χ0v) is 19.3. The first-order valence-electron chi connectivity index (χ1n) is 10.5. The van der Waals surface area contributed by atoms with Crippen molar-refractivity contribution in [2.24, 2.45) is 0 Å². The average Bonchev–Trinajstić information content (AvgIpc) is 3.17. The Labute approximate surface area is 194 Å². The molecule has 7 nitrogen and oxygen atoms in total. The molecule has 1 amide bonds. The highest BCUT2D eigenvalue weighted by Crippen LogP contribution is 2.36. The van der Waals surface area contributed by atoms with Gasteiger partial charge in [-0.05, 0) is 40.2 Å². The van der Waals surface area contributed by atoms with Crippen molar-refractivity contribution >= 4 is 55.3 Å². The second kappa shape index (κ2) is 8.80. The summed E-state index contributed by atoms with van der Waals surface area (Å²) in [6.45, 7) is 3.57. The first-order chi connectivity index (χ1) is 15.6. The second-order valence-corrected chi connectivity index (χ2v) is 8.71. The van der Waals surface area contributed by atoms with Crippen LogP contribution in [0.5, 0.6) is 5.75 Å². The smallest absolute Gasteiger partial charge is 0.238 e. The van der Waals surface area contributed by atoms with E-state index in [1.165, 1.54) is 0 Å². The van der Waals surface area contributed by atoms with Crippen molar-refractivity contribution < 1.29 is 13.9 Å². The summed E-state index contributed by atoms with van der Waals surface area (Å²) in [6.07, 6.45) is 1.81. The van der Waals surface area contributed by atoms with Crippen LogP contribution >= 0.6 is 15.9 Å². The largest absolute Gasteiger partial charge is 0.495 e. The van der Waals surface area contributed by atoms with Gasteiger partial charge >= 0.3 is 0 Å². The number of amides is 1. The molecule has 0 bridgehead atoms. The fourth-order valence-electron chi connectivity index (χ4n) is 4.10. The van der Waals surface area contributed by atoms with E-state index in [1.54, 1.807) is 13.3 Å². The predicted octanol–water partition coefficient (Wildman–Crippen LogP) is 4.51. The first-order valence-corrected chi connectivity index (χ1v) is 11.3. The summed E-state index contributed by atoms with van der Waals surface area (Å²) in [5.41, 5.74) is 2.14. The van der Waals surface area contributed by atoms with Gasteiger partial charge in [0.05, 0.1) is 19.3 Å². The quantitative estimate of drug-likeness (QED) is 0.440. The molecule has 4 aromatic rings. The molecule has 3 heterocycles. The molecule has 1 aliphatic rings. The van der Waals surface area contributed by atoms with Gasteiger partial charge in [-0.25, -0.2) is 4.98 Å². The van der Waals surface area contributed by atoms with Crippen LogP contribution in [-0.2, 0) is 4.79 Å². The predicted molar refractivity (Wildman–Crippen MR) is 129 cm³/mol. The maximum absolute atomic E-state index is 12.8. The van der Waals surface area contributed by atoms with Crippen molar-refractivity contribution in [3.63, 3.8) is 0 Å². The Morgan fingerprint density at radius 2 is 1.91 bits per heavy atom. The Morgan fingerprint density at radius 1 is 1.09 bits per heavy atom. The molecule has 0 unspecified atom stereocenters. The Kier molecular flexibility index (Phi) is 5.71. The number of nitrogens with zero attached hydrogens (tertiary/aromatic N) is 3. The number of nitrogens with one attached hydrogen (secondary N) is 1. The topological polar surface area (TPSA) is 70.8 Å². The van der Waals surface area contributed by atoms with Crippen LogP contribution in [0.4, 0.5) is 11.5 Å². The summed E-state index contributed by atoms with van der Waals surface area (Å²) < 4.78 is 12.5. The van der Waals surface area contributed by atoms with E-state index in [2.05, 4.69) is 36.0 Å². The maximum atomic E-state index is 12.8. The van der Waals surface area contributed by atoms with Gasteiger partial charge in [0.15, 0.2) is 0 Å². The van der Waals surface area contributed by atoms with E-state index in [4.69, 9.17) is 9.15 Å². The Balaban J connectivity index is 1.25. The molecule has 0 atom stereocenters. The summed E-state index contributed by atoms with van der Waals surface area (Å²) >= 11 is 3.42. The van der Waals surface area contributed by atoms with Gasteiger partial charge in [-0.2, -0.15) is 0 Å². The van der Waals surface area contributed by atoms with Crippen LogP contribution < -0.4 is 15.0 Å². The molecule has 8 heteroatoms. The first kappa shape index (κ1) is 20.8. The number of hydrogen-bond donors (Lipinski definition) is 1. The third-order valence-electron chi connectivity index (χ3n) is 5.75. The van der Waals surface area contributed by atoms with E-state index in [-0.39, 0.29) is 5.91 Å². The number of pyridine rings is 1. The lowest BCUT2D eigenvalue weighted by Gasteiger charge is -2.35. The zero-order chi connectivity index (χ0) is 22.1. The van der Waals surface area contributed by atoms with Crippen LogP contribution in [0, 0.1) is 0 Å². The number of methoxy groups -OCH3 is 1. The molecule has 0 spiro atoms. The van der Waals surface area contributed by atoms with Crippen molar-refractivity contribution in [1.29, 1.82) is 0 Å². The number of carbonyl (C=O) groups is 1. The third kappa shape index (κ3) is 4.16. The standard InChI is InChI=1S/C24H23BrN4O3/c1-31-22-12-18-17-4-2-3-5-20(17)32-21(18)13-19(22)27-24(30)15-28-8-10-29(11-9-28)23-7-6-16(25)14-26-23/h2-7,12-14H,8-11,15H2,1H3,(H,27,30). The zero-order valence-electron chi connectivity index (χ0n) is 17.7. The molecule has 0 radical (unpaired) electrons. The molecule has 32 heavy (non-hydrogen) atoms. The summed E-state index contributed by atoms with van der Waals surface area (Å²) in [6, 6.07) is 15.6.